The third-order valence-corrected chi connectivity index (χ3v) is 7.75. The number of aliphatic imine (C=N–C) groups is 1. The second-order valence-electron chi connectivity index (χ2n) is 9.16. The smallest absolute Gasteiger partial charge is 0.191 e. The molecular weight excluding hydrogens is 364 g/mol. The molecule has 4 aliphatic rings. The molecule has 1 aromatic rings. The molecule has 6 nitrogen and oxygen atoms in total. The van der Waals surface area contributed by atoms with Gasteiger partial charge in [0.1, 0.15) is 5.75 Å². The minimum Gasteiger partial charge on any atom is -0.497 e. The second kappa shape index (κ2) is 7.71. The third kappa shape index (κ3) is 3.25. The van der Waals surface area contributed by atoms with Gasteiger partial charge in [0.25, 0.3) is 0 Å². The van der Waals surface area contributed by atoms with Crippen molar-refractivity contribution in [3.63, 3.8) is 0 Å². The van der Waals surface area contributed by atoms with Gasteiger partial charge in [-0.25, -0.2) is 0 Å². The van der Waals surface area contributed by atoms with Crippen molar-refractivity contribution in [1.29, 1.82) is 0 Å². The van der Waals surface area contributed by atoms with Crippen LogP contribution in [-0.2, 0) is 4.74 Å². The second-order valence-corrected chi connectivity index (χ2v) is 9.16. The molecule has 2 heterocycles. The number of hydrogen-bond donors (Lipinski definition) is 2. The maximum atomic E-state index is 6.13. The number of hydrogen-bond acceptors (Lipinski definition) is 4. The molecular formula is C23H34N4O2. The van der Waals surface area contributed by atoms with Crippen LogP contribution in [0.2, 0.25) is 0 Å². The minimum absolute atomic E-state index is 0.348. The summed E-state index contributed by atoms with van der Waals surface area (Å²) in [7, 11) is 3.62. The van der Waals surface area contributed by atoms with Gasteiger partial charge in [0.2, 0.25) is 0 Å². The Hall–Kier alpha value is -1.95. The van der Waals surface area contributed by atoms with E-state index in [0.29, 0.717) is 29.5 Å². The Morgan fingerprint density at radius 3 is 2.90 bits per heavy atom. The van der Waals surface area contributed by atoms with E-state index >= 15 is 0 Å². The highest BCUT2D eigenvalue weighted by molar-refractivity contribution is 5.81. The standard InChI is InChI=1S/C23H34N4O2/c1-24-22(26-20-19-9-13-29-21(19)23(20)10-3-4-11-23)25-16-8-12-27(15-16)17-6-5-7-18(14-17)28-2/h5-7,14,16,19-21H,3-4,8-13,15H2,1-2H3,(H2,24,25,26). The van der Waals surface area contributed by atoms with Gasteiger partial charge in [-0.2, -0.15) is 0 Å². The van der Waals surface area contributed by atoms with Crippen molar-refractivity contribution < 1.29 is 9.47 Å². The highest BCUT2D eigenvalue weighted by Gasteiger charge is 2.65. The number of methoxy groups -OCH3 is 1. The number of ether oxygens (including phenoxy) is 2. The average Bonchev–Trinajstić information content (AvgIpc) is 3.51. The van der Waals surface area contributed by atoms with Crippen LogP contribution in [0.1, 0.15) is 38.5 Å². The summed E-state index contributed by atoms with van der Waals surface area (Å²) in [5.74, 6) is 2.53. The highest BCUT2D eigenvalue weighted by atomic mass is 16.5. The Morgan fingerprint density at radius 2 is 2.10 bits per heavy atom. The molecule has 6 heteroatoms. The van der Waals surface area contributed by atoms with Crippen molar-refractivity contribution >= 4 is 11.6 Å². The molecule has 0 amide bonds. The number of anilines is 1. The van der Waals surface area contributed by atoms with Gasteiger partial charge < -0.3 is 25.0 Å². The van der Waals surface area contributed by atoms with Crippen molar-refractivity contribution in [2.45, 2.75) is 56.7 Å². The van der Waals surface area contributed by atoms with E-state index < -0.39 is 0 Å². The molecule has 2 saturated carbocycles. The number of rotatable bonds is 4. The van der Waals surface area contributed by atoms with E-state index in [1.807, 2.05) is 13.1 Å². The van der Waals surface area contributed by atoms with E-state index in [2.05, 4.69) is 38.7 Å². The summed E-state index contributed by atoms with van der Waals surface area (Å²) in [4.78, 5) is 7.01. The quantitative estimate of drug-likeness (QED) is 0.603. The predicted octanol–water partition coefficient (Wildman–Crippen LogP) is 2.79. The third-order valence-electron chi connectivity index (χ3n) is 7.75. The summed E-state index contributed by atoms with van der Waals surface area (Å²) < 4.78 is 11.5. The maximum Gasteiger partial charge on any atom is 0.191 e. The molecule has 5 rings (SSSR count). The molecule has 0 bridgehead atoms. The average molecular weight is 399 g/mol. The lowest BCUT2D eigenvalue weighted by Crippen LogP contribution is -2.69. The van der Waals surface area contributed by atoms with Crippen LogP contribution in [0.4, 0.5) is 5.69 Å². The van der Waals surface area contributed by atoms with Crippen LogP contribution in [0.25, 0.3) is 0 Å². The van der Waals surface area contributed by atoms with E-state index in [0.717, 1.165) is 37.8 Å². The molecule has 1 aromatic carbocycles. The number of fused-ring (bicyclic) bond motifs is 2. The number of nitrogens with one attached hydrogen (secondary N) is 2. The van der Waals surface area contributed by atoms with Crippen molar-refractivity contribution in [3.8, 4) is 5.75 Å². The molecule has 2 saturated heterocycles. The lowest BCUT2D eigenvalue weighted by Gasteiger charge is -2.57. The largest absolute Gasteiger partial charge is 0.497 e. The van der Waals surface area contributed by atoms with Gasteiger partial charge in [0.15, 0.2) is 5.96 Å². The topological polar surface area (TPSA) is 58.1 Å². The fraction of sp³-hybridized carbons (Fsp3) is 0.696. The van der Waals surface area contributed by atoms with Gasteiger partial charge >= 0.3 is 0 Å². The zero-order chi connectivity index (χ0) is 19.8. The van der Waals surface area contributed by atoms with Crippen LogP contribution >= 0.6 is 0 Å². The molecule has 0 radical (unpaired) electrons. The van der Waals surface area contributed by atoms with Crippen LogP contribution in [0.3, 0.4) is 0 Å². The summed E-state index contributed by atoms with van der Waals surface area (Å²) >= 11 is 0. The van der Waals surface area contributed by atoms with E-state index in [1.165, 1.54) is 37.8 Å². The number of guanidine groups is 1. The van der Waals surface area contributed by atoms with Crippen molar-refractivity contribution in [2.75, 3.05) is 38.8 Å². The van der Waals surface area contributed by atoms with E-state index in [-0.39, 0.29) is 0 Å². The summed E-state index contributed by atoms with van der Waals surface area (Å²) in [6.45, 7) is 2.96. The SMILES string of the molecule is CN=C(NC1CCN(c2cccc(OC)c2)C1)NC1C2CCOC2C12CCCC2. The van der Waals surface area contributed by atoms with E-state index in [4.69, 9.17) is 9.47 Å². The Morgan fingerprint density at radius 1 is 1.24 bits per heavy atom. The summed E-state index contributed by atoms with van der Waals surface area (Å²) in [6, 6.07) is 9.26. The molecule has 4 unspecified atom stereocenters. The first kappa shape index (κ1) is 19.0. The Bertz CT molecular complexity index is 761. The monoisotopic (exact) mass is 398 g/mol. The van der Waals surface area contributed by atoms with Crippen molar-refractivity contribution in [2.24, 2.45) is 16.3 Å². The van der Waals surface area contributed by atoms with E-state index in [1.54, 1.807) is 7.11 Å². The van der Waals surface area contributed by atoms with Gasteiger partial charge in [0, 0.05) is 61.9 Å². The van der Waals surface area contributed by atoms with Crippen molar-refractivity contribution in [3.05, 3.63) is 24.3 Å². The fourth-order valence-corrected chi connectivity index (χ4v) is 6.34. The molecule has 2 N–H and O–H groups in total. The van der Waals surface area contributed by atoms with Gasteiger partial charge in [-0.1, -0.05) is 18.9 Å². The molecule has 4 atom stereocenters. The molecule has 1 spiro atoms. The van der Waals surface area contributed by atoms with Crippen LogP contribution in [-0.4, -0.2) is 58.0 Å². The van der Waals surface area contributed by atoms with Crippen LogP contribution in [0.5, 0.6) is 5.75 Å². The highest BCUT2D eigenvalue weighted by Crippen LogP contribution is 2.60. The van der Waals surface area contributed by atoms with E-state index in [9.17, 15) is 0 Å². The maximum absolute atomic E-state index is 6.13. The summed E-state index contributed by atoms with van der Waals surface area (Å²) in [5, 5.41) is 7.53. The summed E-state index contributed by atoms with van der Waals surface area (Å²) in [5.41, 5.74) is 1.58. The molecule has 2 aliphatic carbocycles. The zero-order valence-electron chi connectivity index (χ0n) is 17.7. The Kier molecular flexibility index (Phi) is 5.06. The first-order valence-corrected chi connectivity index (χ1v) is 11.2. The molecule has 0 aromatic heterocycles. The number of nitrogens with zero attached hydrogens (tertiary/aromatic N) is 2. The molecule has 29 heavy (non-hydrogen) atoms. The first-order chi connectivity index (χ1) is 14.2. The normalized spacial score (nSPS) is 32.9. The number of benzene rings is 1. The lowest BCUT2D eigenvalue weighted by atomic mass is 9.54. The fourth-order valence-electron chi connectivity index (χ4n) is 6.34. The van der Waals surface area contributed by atoms with Gasteiger partial charge in [0.05, 0.1) is 13.2 Å². The Balaban J connectivity index is 1.21. The summed E-state index contributed by atoms with van der Waals surface area (Å²) in [6.07, 6.45) is 8.07. The van der Waals surface area contributed by atoms with Crippen LogP contribution in [0, 0.1) is 11.3 Å². The zero-order valence-corrected chi connectivity index (χ0v) is 17.7. The van der Waals surface area contributed by atoms with Crippen LogP contribution < -0.4 is 20.3 Å². The lowest BCUT2D eigenvalue weighted by molar-refractivity contribution is -0.125. The predicted molar refractivity (Wildman–Crippen MR) is 116 cm³/mol. The molecule has 158 valence electrons. The van der Waals surface area contributed by atoms with Gasteiger partial charge in [-0.3, -0.25) is 4.99 Å². The minimum atomic E-state index is 0.348. The Labute approximate surface area is 174 Å². The van der Waals surface area contributed by atoms with Crippen LogP contribution in [0.15, 0.2) is 29.3 Å². The molecule has 2 aliphatic heterocycles. The van der Waals surface area contributed by atoms with Crippen molar-refractivity contribution in [1.82, 2.24) is 10.6 Å². The molecule has 4 fully saturated rings. The first-order valence-electron chi connectivity index (χ1n) is 11.2. The van der Waals surface area contributed by atoms with Gasteiger partial charge in [-0.15, -0.1) is 0 Å². The van der Waals surface area contributed by atoms with Gasteiger partial charge in [-0.05, 0) is 37.8 Å².